The van der Waals surface area contributed by atoms with Gasteiger partial charge >= 0.3 is 0 Å². The van der Waals surface area contributed by atoms with E-state index in [9.17, 15) is 4.79 Å². The summed E-state index contributed by atoms with van der Waals surface area (Å²) in [5, 5.41) is 0. The lowest BCUT2D eigenvalue weighted by atomic mass is 10.0. The largest absolute Gasteiger partial charge is 0.235 e. The number of carbonyl (C=O) groups excluding carboxylic acids is 1. The Labute approximate surface area is 104 Å². The number of hydrogen-bond acceptors (Lipinski definition) is 2. The molecule has 1 unspecified atom stereocenters. The van der Waals surface area contributed by atoms with Crippen LogP contribution in [0, 0.1) is 6.07 Å². The number of aliphatic imine (C=N–C) groups is 1. The molecular formula is C15H20NO. The number of isocyanates is 1. The summed E-state index contributed by atoms with van der Waals surface area (Å²) < 4.78 is 0. The maximum Gasteiger partial charge on any atom is 0.235 e. The summed E-state index contributed by atoms with van der Waals surface area (Å²) >= 11 is 0. The molecule has 0 N–H and O–H groups in total. The molecule has 1 radical (unpaired) electrons. The maximum absolute atomic E-state index is 10.4. The van der Waals surface area contributed by atoms with Crippen molar-refractivity contribution in [2.24, 2.45) is 4.99 Å². The smallest absolute Gasteiger partial charge is 0.211 e. The molecule has 0 aromatic heterocycles. The Kier molecular flexibility index (Phi) is 7.01. The molecule has 1 rings (SSSR count). The van der Waals surface area contributed by atoms with Crippen molar-refractivity contribution in [1.82, 2.24) is 0 Å². The number of nitrogens with zero attached hydrogens (tertiary/aromatic N) is 1. The summed E-state index contributed by atoms with van der Waals surface area (Å²) in [6.45, 7) is 2.21. The molecule has 0 aliphatic heterocycles. The van der Waals surface area contributed by atoms with E-state index in [4.69, 9.17) is 0 Å². The highest BCUT2D eigenvalue weighted by Gasteiger charge is 2.09. The quantitative estimate of drug-likeness (QED) is 0.373. The minimum absolute atomic E-state index is 0.0599. The summed E-state index contributed by atoms with van der Waals surface area (Å²) in [7, 11) is 0. The zero-order valence-electron chi connectivity index (χ0n) is 10.5. The predicted octanol–water partition coefficient (Wildman–Crippen LogP) is 4.22. The van der Waals surface area contributed by atoms with Crippen molar-refractivity contribution in [3.8, 4) is 0 Å². The van der Waals surface area contributed by atoms with Gasteiger partial charge in [-0.3, -0.25) is 0 Å². The molecule has 0 fully saturated rings. The highest BCUT2D eigenvalue weighted by Crippen LogP contribution is 2.23. The maximum atomic E-state index is 10.4. The Morgan fingerprint density at radius 2 is 2.12 bits per heavy atom. The van der Waals surface area contributed by atoms with Gasteiger partial charge in [-0.1, -0.05) is 63.3 Å². The first-order chi connectivity index (χ1) is 8.38. The molecule has 2 heteroatoms. The summed E-state index contributed by atoms with van der Waals surface area (Å²) in [5.74, 6) is 0. The van der Waals surface area contributed by atoms with Crippen LogP contribution in [0.1, 0.15) is 57.1 Å². The van der Waals surface area contributed by atoms with E-state index in [1.54, 1.807) is 6.08 Å². The topological polar surface area (TPSA) is 29.4 Å². The lowest BCUT2D eigenvalue weighted by molar-refractivity contribution is 0.535. The highest BCUT2D eigenvalue weighted by atomic mass is 16.1. The van der Waals surface area contributed by atoms with Gasteiger partial charge in [-0.25, -0.2) is 4.79 Å². The summed E-state index contributed by atoms with van der Waals surface area (Å²) in [5.41, 5.74) is 0.992. The van der Waals surface area contributed by atoms with Gasteiger partial charge in [0.15, 0.2) is 0 Å². The molecule has 2 nitrogen and oxygen atoms in total. The van der Waals surface area contributed by atoms with Crippen molar-refractivity contribution in [3.05, 3.63) is 35.9 Å². The van der Waals surface area contributed by atoms with Crippen molar-refractivity contribution < 1.29 is 4.79 Å². The fourth-order valence-corrected chi connectivity index (χ4v) is 1.91. The van der Waals surface area contributed by atoms with E-state index in [0.29, 0.717) is 0 Å². The van der Waals surface area contributed by atoms with E-state index in [1.807, 2.05) is 24.3 Å². The van der Waals surface area contributed by atoms with E-state index >= 15 is 0 Å². The summed E-state index contributed by atoms with van der Waals surface area (Å²) in [4.78, 5) is 14.3. The van der Waals surface area contributed by atoms with Crippen LogP contribution in [0.25, 0.3) is 0 Å². The highest BCUT2D eigenvalue weighted by molar-refractivity contribution is 5.35. The van der Waals surface area contributed by atoms with Gasteiger partial charge in [-0.05, 0) is 18.1 Å². The molecule has 0 saturated carbocycles. The fraction of sp³-hybridized carbons (Fsp3) is 0.533. The van der Waals surface area contributed by atoms with Crippen LogP contribution in [-0.2, 0) is 4.79 Å². The number of hydrogen-bond donors (Lipinski definition) is 0. The van der Waals surface area contributed by atoms with Crippen molar-refractivity contribution in [1.29, 1.82) is 0 Å². The van der Waals surface area contributed by atoms with Gasteiger partial charge in [0.25, 0.3) is 0 Å². The Bertz CT molecular complexity index is 341. The van der Waals surface area contributed by atoms with Gasteiger partial charge in [0.05, 0.1) is 6.04 Å². The van der Waals surface area contributed by atoms with Gasteiger partial charge in [0.1, 0.15) is 0 Å². The second-order valence-electron chi connectivity index (χ2n) is 4.26. The Hall–Kier alpha value is -1.40. The first-order valence-corrected chi connectivity index (χ1v) is 6.42. The number of benzene rings is 1. The normalized spacial score (nSPS) is 11.8. The lowest BCUT2D eigenvalue weighted by Crippen LogP contribution is -1.95. The molecule has 91 valence electrons. The monoisotopic (exact) mass is 230 g/mol. The van der Waals surface area contributed by atoms with Crippen LogP contribution in [0.4, 0.5) is 0 Å². The molecule has 0 spiro atoms. The number of rotatable bonds is 8. The first-order valence-electron chi connectivity index (χ1n) is 6.42. The fourth-order valence-electron chi connectivity index (χ4n) is 1.91. The van der Waals surface area contributed by atoms with Crippen molar-refractivity contribution in [2.45, 2.75) is 51.5 Å². The Morgan fingerprint density at radius 1 is 1.29 bits per heavy atom. The minimum atomic E-state index is -0.0599. The molecule has 0 saturated heterocycles. The summed E-state index contributed by atoms with van der Waals surface area (Å²) in [6, 6.07) is 10.8. The molecule has 17 heavy (non-hydrogen) atoms. The average molecular weight is 230 g/mol. The lowest BCUT2D eigenvalue weighted by Gasteiger charge is -2.10. The zero-order chi connectivity index (χ0) is 12.3. The molecule has 0 heterocycles. The third kappa shape index (κ3) is 5.46. The predicted molar refractivity (Wildman–Crippen MR) is 69.5 cm³/mol. The van der Waals surface area contributed by atoms with Crippen LogP contribution in [0.15, 0.2) is 29.3 Å². The van der Waals surface area contributed by atoms with Crippen LogP contribution in [0.5, 0.6) is 0 Å². The zero-order valence-corrected chi connectivity index (χ0v) is 10.5. The van der Waals surface area contributed by atoms with Crippen LogP contribution >= 0.6 is 0 Å². The minimum Gasteiger partial charge on any atom is -0.211 e. The molecule has 1 aromatic carbocycles. The van der Waals surface area contributed by atoms with Gasteiger partial charge < -0.3 is 0 Å². The Balaban J connectivity index is 2.42. The van der Waals surface area contributed by atoms with Crippen LogP contribution < -0.4 is 0 Å². The van der Waals surface area contributed by atoms with Crippen LogP contribution in [0.3, 0.4) is 0 Å². The van der Waals surface area contributed by atoms with Crippen molar-refractivity contribution in [3.63, 3.8) is 0 Å². The SMILES string of the molecule is CCCCCCCC(N=C=O)c1[c]cccc1. The van der Waals surface area contributed by atoms with E-state index < -0.39 is 0 Å². The van der Waals surface area contributed by atoms with Crippen LogP contribution in [0.2, 0.25) is 0 Å². The standard InChI is InChI=1S/C15H20NO/c1-2-3-4-5-9-12-15(16-13-17)14-10-7-6-8-11-14/h6-8,10,15H,2-5,9,12H2,1H3. The Morgan fingerprint density at radius 3 is 2.76 bits per heavy atom. The molecular weight excluding hydrogens is 210 g/mol. The molecule has 0 aliphatic carbocycles. The van der Waals surface area contributed by atoms with E-state index in [0.717, 1.165) is 18.4 Å². The van der Waals surface area contributed by atoms with Gasteiger partial charge in [0.2, 0.25) is 6.08 Å². The molecule has 0 bridgehead atoms. The van der Waals surface area contributed by atoms with E-state index in [2.05, 4.69) is 18.0 Å². The molecule has 0 aliphatic rings. The third-order valence-electron chi connectivity index (χ3n) is 2.88. The van der Waals surface area contributed by atoms with E-state index in [-0.39, 0.29) is 6.04 Å². The van der Waals surface area contributed by atoms with Crippen molar-refractivity contribution in [2.75, 3.05) is 0 Å². The molecule has 1 aromatic rings. The third-order valence-corrected chi connectivity index (χ3v) is 2.88. The second-order valence-corrected chi connectivity index (χ2v) is 4.26. The second kappa shape index (κ2) is 8.72. The molecule has 0 amide bonds. The molecule has 1 atom stereocenters. The van der Waals surface area contributed by atoms with Crippen LogP contribution in [-0.4, -0.2) is 6.08 Å². The van der Waals surface area contributed by atoms with Crippen molar-refractivity contribution >= 4 is 6.08 Å². The average Bonchev–Trinajstić information content (AvgIpc) is 2.38. The number of unbranched alkanes of at least 4 members (excludes halogenated alkanes) is 4. The van der Waals surface area contributed by atoms with Gasteiger partial charge in [-0.2, -0.15) is 4.99 Å². The first kappa shape index (κ1) is 13.7. The van der Waals surface area contributed by atoms with E-state index in [1.165, 1.54) is 25.7 Å². The van der Waals surface area contributed by atoms with Gasteiger partial charge in [0, 0.05) is 0 Å². The summed E-state index contributed by atoms with van der Waals surface area (Å²) in [6.07, 6.45) is 8.73. The van der Waals surface area contributed by atoms with Gasteiger partial charge in [-0.15, -0.1) is 0 Å².